The average Bonchev–Trinajstić information content (AvgIpc) is 2.24. The third-order valence-corrected chi connectivity index (χ3v) is 2.57. The van der Waals surface area contributed by atoms with Crippen molar-refractivity contribution in [1.29, 1.82) is 0 Å². The molecule has 1 aromatic rings. The molecule has 18 heavy (non-hydrogen) atoms. The molecule has 0 aliphatic rings. The van der Waals surface area contributed by atoms with Gasteiger partial charge in [0.2, 0.25) is 5.91 Å². The van der Waals surface area contributed by atoms with E-state index in [0.717, 1.165) is 11.3 Å². The maximum atomic E-state index is 11.6. The highest BCUT2D eigenvalue weighted by molar-refractivity contribution is 5.76. The van der Waals surface area contributed by atoms with Crippen molar-refractivity contribution < 1.29 is 4.79 Å². The Balaban J connectivity index is 2.71. The zero-order valence-corrected chi connectivity index (χ0v) is 11.9. The van der Waals surface area contributed by atoms with Crippen LogP contribution in [0.15, 0.2) is 12.5 Å². The van der Waals surface area contributed by atoms with Gasteiger partial charge in [-0.05, 0) is 5.92 Å². The molecule has 0 aromatic carbocycles. The zero-order valence-electron chi connectivity index (χ0n) is 11.9. The maximum absolute atomic E-state index is 11.6. The second kappa shape index (κ2) is 5.94. The van der Waals surface area contributed by atoms with Crippen LogP contribution >= 0.6 is 0 Å². The second-order valence-electron chi connectivity index (χ2n) is 6.02. The van der Waals surface area contributed by atoms with Gasteiger partial charge in [0.1, 0.15) is 6.33 Å². The summed E-state index contributed by atoms with van der Waals surface area (Å²) in [4.78, 5) is 20.0. The molecule has 0 spiro atoms. The number of nitrogens with zero attached hydrogens (tertiary/aromatic N) is 2. The average molecular weight is 249 g/mol. The van der Waals surface area contributed by atoms with Crippen molar-refractivity contribution in [3.8, 4) is 0 Å². The molecular weight excluding hydrogens is 226 g/mol. The van der Waals surface area contributed by atoms with Gasteiger partial charge in [-0.15, -0.1) is 0 Å². The fraction of sp³-hybridized carbons (Fsp3) is 0.643. The first kappa shape index (κ1) is 14.6. The Morgan fingerprint density at radius 3 is 2.61 bits per heavy atom. The van der Waals surface area contributed by atoms with Crippen molar-refractivity contribution in [1.82, 2.24) is 15.3 Å². The van der Waals surface area contributed by atoms with Crippen LogP contribution in [0, 0.1) is 5.92 Å². The minimum absolute atomic E-state index is 0.0406. The molecule has 100 valence electrons. The monoisotopic (exact) mass is 249 g/mol. The highest BCUT2D eigenvalue weighted by Gasteiger charge is 2.19. The Morgan fingerprint density at radius 1 is 1.39 bits per heavy atom. The lowest BCUT2D eigenvalue weighted by molar-refractivity contribution is -0.121. The van der Waals surface area contributed by atoms with Crippen molar-refractivity contribution in [3.63, 3.8) is 0 Å². The zero-order chi connectivity index (χ0) is 13.8. The molecule has 0 radical (unpaired) electrons. The fourth-order valence-corrected chi connectivity index (χ4v) is 1.80. The molecule has 1 amide bonds. The SMILES string of the molecule is CC(C)CC(=O)NCc1cncnc1C(C)(C)C. The van der Waals surface area contributed by atoms with Gasteiger partial charge in [-0.2, -0.15) is 0 Å². The highest BCUT2D eigenvalue weighted by Crippen LogP contribution is 2.22. The summed E-state index contributed by atoms with van der Waals surface area (Å²) in [6.45, 7) is 10.9. The molecule has 0 saturated heterocycles. The Labute approximate surface area is 109 Å². The molecule has 4 heteroatoms. The largest absolute Gasteiger partial charge is 0.352 e. The van der Waals surface area contributed by atoms with Crippen molar-refractivity contribution in [2.45, 2.75) is 53.0 Å². The number of nitrogens with one attached hydrogen (secondary N) is 1. The number of hydrogen-bond acceptors (Lipinski definition) is 3. The molecule has 0 saturated carbocycles. The van der Waals surface area contributed by atoms with Gasteiger partial charge in [-0.25, -0.2) is 9.97 Å². The summed E-state index contributed by atoms with van der Waals surface area (Å²) >= 11 is 0. The highest BCUT2D eigenvalue weighted by atomic mass is 16.1. The number of rotatable bonds is 4. The van der Waals surface area contributed by atoms with Gasteiger partial charge in [0.15, 0.2) is 0 Å². The Kier molecular flexibility index (Phi) is 4.82. The third kappa shape index (κ3) is 4.43. The Morgan fingerprint density at radius 2 is 2.06 bits per heavy atom. The quantitative estimate of drug-likeness (QED) is 0.891. The van der Waals surface area contributed by atoms with E-state index in [4.69, 9.17) is 0 Å². The topological polar surface area (TPSA) is 54.9 Å². The van der Waals surface area contributed by atoms with E-state index >= 15 is 0 Å². The van der Waals surface area contributed by atoms with E-state index in [2.05, 4.69) is 36.1 Å². The van der Waals surface area contributed by atoms with Crippen LogP contribution in [0.25, 0.3) is 0 Å². The van der Waals surface area contributed by atoms with E-state index in [-0.39, 0.29) is 11.3 Å². The first-order chi connectivity index (χ1) is 8.30. The number of hydrogen-bond donors (Lipinski definition) is 1. The summed E-state index contributed by atoms with van der Waals surface area (Å²) < 4.78 is 0. The molecule has 0 atom stereocenters. The van der Waals surface area contributed by atoms with Gasteiger partial charge in [0, 0.05) is 30.1 Å². The van der Waals surface area contributed by atoms with E-state index in [1.54, 1.807) is 12.5 Å². The van der Waals surface area contributed by atoms with Crippen LogP contribution in [0.4, 0.5) is 0 Å². The molecule has 4 nitrogen and oxygen atoms in total. The predicted octanol–water partition coefficient (Wildman–Crippen LogP) is 2.44. The number of carbonyl (C=O) groups is 1. The van der Waals surface area contributed by atoms with Crippen molar-refractivity contribution in [3.05, 3.63) is 23.8 Å². The minimum atomic E-state index is -0.0406. The van der Waals surface area contributed by atoms with E-state index < -0.39 is 0 Å². The normalized spacial score (nSPS) is 11.7. The maximum Gasteiger partial charge on any atom is 0.220 e. The minimum Gasteiger partial charge on any atom is -0.352 e. The lowest BCUT2D eigenvalue weighted by atomic mass is 9.89. The van der Waals surface area contributed by atoms with Gasteiger partial charge in [0.25, 0.3) is 0 Å². The molecule has 0 aliphatic heterocycles. The van der Waals surface area contributed by atoms with E-state index in [0.29, 0.717) is 18.9 Å². The van der Waals surface area contributed by atoms with E-state index in [1.807, 2.05) is 13.8 Å². The van der Waals surface area contributed by atoms with Gasteiger partial charge < -0.3 is 5.32 Å². The first-order valence-electron chi connectivity index (χ1n) is 6.36. The molecule has 1 rings (SSSR count). The van der Waals surface area contributed by atoms with Crippen LogP contribution in [0.1, 0.15) is 52.3 Å². The smallest absolute Gasteiger partial charge is 0.220 e. The second-order valence-corrected chi connectivity index (χ2v) is 6.02. The van der Waals surface area contributed by atoms with Crippen molar-refractivity contribution in [2.24, 2.45) is 5.92 Å². The number of carbonyl (C=O) groups excluding carboxylic acids is 1. The summed E-state index contributed by atoms with van der Waals surface area (Å²) in [5, 5.41) is 2.92. The molecule has 0 unspecified atom stereocenters. The summed E-state index contributed by atoms with van der Waals surface area (Å²) in [6.07, 6.45) is 3.89. The fourth-order valence-electron chi connectivity index (χ4n) is 1.80. The molecule has 0 aliphatic carbocycles. The van der Waals surface area contributed by atoms with Crippen LogP contribution in [0.3, 0.4) is 0 Å². The standard InChI is InChI=1S/C14H23N3O/c1-10(2)6-12(18)16-8-11-7-15-9-17-13(11)14(3,4)5/h7,9-10H,6,8H2,1-5H3,(H,16,18). The lowest BCUT2D eigenvalue weighted by Crippen LogP contribution is -2.26. The van der Waals surface area contributed by atoms with Crippen LogP contribution in [-0.2, 0) is 16.8 Å². The number of aromatic nitrogens is 2. The van der Waals surface area contributed by atoms with Gasteiger partial charge in [0.05, 0.1) is 5.69 Å². The molecule has 0 fully saturated rings. The summed E-state index contributed by atoms with van der Waals surface area (Å²) in [6, 6.07) is 0. The molecular formula is C14H23N3O. The molecule has 1 N–H and O–H groups in total. The van der Waals surface area contributed by atoms with Crippen LogP contribution < -0.4 is 5.32 Å². The van der Waals surface area contributed by atoms with Gasteiger partial charge in [-0.3, -0.25) is 4.79 Å². The Hall–Kier alpha value is -1.45. The predicted molar refractivity (Wildman–Crippen MR) is 72.0 cm³/mol. The summed E-state index contributed by atoms with van der Waals surface area (Å²) in [7, 11) is 0. The van der Waals surface area contributed by atoms with Gasteiger partial charge in [-0.1, -0.05) is 34.6 Å². The molecule has 1 heterocycles. The summed E-state index contributed by atoms with van der Waals surface area (Å²) in [5.41, 5.74) is 1.94. The first-order valence-corrected chi connectivity index (χ1v) is 6.36. The Bertz CT molecular complexity index is 408. The van der Waals surface area contributed by atoms with Crippen molar-refractivity contribution in [2.75, 3.05) is 0 Å². The lowest BCUT2D eigenvalue weighted by Gasteiger charge is -2.21. The van der Waals surface area contributed by atoms with E-state index in [1.165, 1.54) is 0 Å². The third-order valence-electron chi connectivity index (χ3n) is 2.57. The van der Waals surface area contributed by atoms with Crippen LogP contribution in [0.5, 0.6) is 0 Å². The number of amides is 1. The molecule has 1 aromatic heterocycles. The van der Waals surface area contributed by atoms with E-state index in [9.17, 15) is 4.79 Å². The molecule has 0 bridgehead atoms. The van der Waals surface area contributed by atoms with Crippen LogP contribution in [-0.4, -0.2) is 15.9 Å². The van der Waals surface area contributed by atoms with Crippen molar-refractivity contribution >= 4 is 5.91 Å². The van der Waals surface area contributed by atoms with Gasteiger partial charge >= 0.3 is 0 Å². The summed E-state index contributed by atoms with van der Waals surface area (Å²) in [5.74, 6) is 0.452. The van der Waals surface area contributed by atoms with Crippen LogP contribution in [0.2, 0.25) is 0 Å².